The zero-order valence-corrected chi connectivity index (χ0v) is 9.89. The van der Waals surface area contributed by atoms with Crippen molar-refractivity contribution in [1.29, 1.82) is 5.26 Å². The minimum absolute atomic E-state index is 0.0809. The monoisotopic (exact) mass is 254 g/mol. The lowest BCUT2D eigenvalue weighted by Crippen LogP contribution is -2.07. The van der Waals surface area contributed by atoms with Crippen LogP contribution in [-0.2, 0) is 0 Å². The van der Waals surface area contributed by atoms with E-state index < -0.39 is 6.61 Å². The molecule has 0 atom stereocenters. The number of anilines is 1. The van der Waals surface area contributed by atoms with Crippen LogP contribution in [0.4, 0.5) is 20.2 Å². The molecule has 0 aliphatic rings. The number of nitriles is 1. The highest BCUT2D eigenvalue weighted by Crippen LogP contribution is 2.32. The molecular weight excluding hydrogens is 242 g/mol. The molecule has 1 aromatic rings. The number of alkyl halides is 2. The van der Waals surface area contributed by atoms with Crippen LogP contribution in [0.5, 0.6) is 5.75 Å². The Bertz CT molecular complexity index is 495. The molecule has 0 spiro atoms. The summed E-state index contributed by atoms with van der Waals surface area (Å²) in [7, 11) is 3.47. The van der Waals surface area contributed by atoms with Crippen molar-refractivity contribution in [2.75, 3.05) is 19.8 Å². The Labute approximate surface area is 103 Å². The number of rotatable bonds is 4. The number of nitrogen functional groups attached to an aromatic ring is 1. The van der Waals surface area contributed by atoms with E-state index in [1.807, 2.05) is 0 Å². The molecule has 7 heteroatoms. The first-order valence-corrected chi connectivity index (χ1v) is 4.93. The predicted octanol–water partition coefficient (Wildman–Crippen LogP) is 1.96. The summed E-state index contributed by atoms with van der Waals surface area (Å²) in [6.45, 7) is -3.02. The summed E-state index contributed by atoms with van der Waals surface area (Å²) in [5.41, 5.74) is 5.83. The molecule has 18 heavy (non-hydrogen) atoms. The van der Waals surface area contributed by atoms with E-state index in [1.165, 1.54) is 18.5 Å². The lowest BCUT2D eigenvalue weighted by atomic mass is 10.1. The minimum Gasteiger partial charge on any atom is -0.433 e. The molecule has 0 aliphatic carbocycles. The third-order valence-corrected chi connectivity index (χ3v) is 1.86. The van der Waals surface area contributed by atoms with Gasteiger partial charge in [0.15, 0.2) is 0 Å². The molecule has 0 aromatic heterocycles. The summed E-state index contributed by atoms with van der Waals surface area (Å²) in [5, 5.41) is 8.97. The Hall–Kier alpha value is -2.36. The van der Waals surface area contributed by atoms with E-state index in [-0.39, 0.29) is 22.7 Å². The first-order chi connectivity index (χ1) is 8.43. The molecular formula is C11H12F2N4O. The highest BCUT2D eigenvalue weighted by atomic mass is 19.3. The number of hydrogen-bond acceptors (Lipinski definition) is 4. The van der Waals surface area contributed by atoms with Crippen LogP contribution in [0.1, 0.15) is 5.56 Å². The zero-order valence-electron chi connectivity index (χ0n) is 9.89. The second kappa shape index (κ2) is 5.82. The smallest absolute Gasteiger partial charge is 0.387 e. The Kier molecular flexibility index (Phi) is 4.43. The van der Waals surface area contributed by atoms with Crippen LogP contribution in [0.25, 0.3) is 0 Å². The number of aliphatic imine (C=N–C) groups is 1. The average Bonchev–Trinajstić information content (AvgIpc) is 2.25. The van der Waals surface area contributed by atoms with Gasteiger partial charge >= 0.3 is 6.61 Å². The standard InChI is InChI=1S/C11H12F2N4O/c1-17(2)6-16-9-3-7(15)4-10(8(9)5-14)18-11(12)13/h3-4,6,11H,15H2,1-2H3/b16-6+. The summed E-state index contributed by atoms with van der Waals surface area (Å²) in [5.74, 6) is -0.279. The zero-order chi connectivity index (χ0) is 13.7. The van der Waals surface area contributed by atoms with E-state index in [9.17, 15) is 8.78 Å². The lowest BCUT2D eigenvalue weighted by molar-refractivity contribution is -0.0499. The van der Waals surface area contributed by atoms with Crippen LogP contribution in [-0.4, -0.2) is 31.9 Å². The number of benzene rings is 1. The van der Waals surface area contributed by atoms with Crippen molar-refractivity contribution in [2.45, 2.75) is 6.61 Å². The molecule has 0 fully saturated rings. The van der Waals surface area contributed by atoms with Crippen LogP contribution < -0.4 is 10.5 Å². The second-order valence-corrected chi connectivity index (χ2v) is 3.61. The fourth-order valence-corrected chi connectivity index (χ4v) is 1.20. The van der Waals surface area contributed by atoms with Crippen LogP contribution in [0.2, 0.25) is 0 Å². The van der Waals surface area contributed by atoms with Gasteiger partial charge in [0.05, 0.1) is 12.0 Å². The molecule has 2 N–H and O–H groups in total. The van der Waals surface area contributed by atoms with Gasteiger partial charge in [0.25, 0.3) is 0 Å². The summed E-state index contributed by atoms with van der Waals surface area (Å²) < 4.78 is 28.6. The number of hydrogen-bond donors (Lipinski definition) is 1. The van der Waals surface area contributed by atoms with Crippen molar-refractivity contribution in [1.82, 2.24) is 4.90 Å². The van der Waals surface area contributed by atoms with Gasteiger partial charge in [0.2, 0.25) is 0 Å². The maximum atomic E-state index is 12.2. The maximum absolute atomic E-state index is 12.2. The number of nitrogens with zero attached hydrogens (tertiary/aromatic N) is 3. The van der Waals surface area contributed by atoms with Crippen LogP contribution in [0, 0.1) is 11.3 Å². The average molecular weight is 254 g/mol. The quantitative estimate of drug-likeness (QED) is 0.506. The molecule has 0 bridgehead atoms. The fourth-order valence-electron chi connectivity index (χ4n) is 1.20. The van der Waals surface area contributed by atoms with Crippen molar-refractivity contribution in [2.24, 2.45) is 4.99 Å². The van der Waals surface area contributed by atoms with Gasteiger partial charge in [-0.05, 0) is 6.07 Å². The fraction of sp³-hybridized carbons (Fsp3) is 0.273. The van der Waals surface area contributed by atoms with Gasteiger partial charge in [-0.2, -0.15) is 14.0 Å². The van der Waals surface area contributed by atoms with Crippen molar-refractivity contribution >= 4 is 17.7 Å². The Morgan fingerprint density at radius 2 is 2.17 bits per heavy atom. The predicted molar refractivity (Wildman–Crippen MR) is 64.0 cm³/mol. The van der Waals surface area contributed by atoms with E-state index >= 15 is 0 Å². The molecule has 1 rings (SSSR count). The number of nitrogens with two attached hydrogens (primary N) is 1. The molecule has 0 unspecified atom stereocenters. The van der Waals surface area contributed by atoms with E-state index in [2.05, 4.69) is 9.73 Å². The normalized spacial score (nSPS) is 10.7. The van der Waals surface area contributed by atoms with E-state index in [4.69, 9.17) is 11.0 Å². The lowest BCUT2D eigenvalue weighted by Gasteiger charge is -2.10. The minimum atomic E-state index is -3.02. The van der Waals surface area contributed by atoms with Gasteiger partial charge < -0.3 is 15.4 Å². The maximum Gasteiger partial charge on any atom is 0.387 e. The summed E-state index contributed by atoms with van der Waals surface area (Å²) in [4.78, 5) is 5.62. The first kappa shape index (κ1) is 13.7. The topological polar surface area (TPSA) is 74.6 Å². The molecule has 0 heterocycles. The van der Waals surface area contributed by atoms with Gasteiger partial charge in [0.1, 0.15) is 17.4 Å². The highest BCUT2D eigenvalue weighted by molar-refractivity contribution is 5.72. The molecule has 5 nitrogen and oxygen atoms in total. The molecule has 0 saturated heterocycles. The van der Waals surface area contributed by atoms with E-state index in [0.717, 1.165) is 0 Å². The van der Waals surface area contributed by atoms with Gasteiger partial charge in [-0.1, -0.05) is 0 Å². The van der Waals surface area contributed by atoms with Gasteiger partial charge in [-0.15, -0.1) is 0 Å². The van der Waals surface area contributed by atoms with Crippen LogP contribution in [0.15, 0.2) is 17.1 Å². The summed E-state index contributed by atoms with van der Waals surface area (Å²) in [6, 6.07) is 4.35. The summed E-state index contributed by atoms with van der Waals surface area (Å²) >= 11 is 0. The molecule has 0 amide bonds. The van der Waals surface area contributed by atoms with E-state index in [1.54, 1.807) is 25.1 Å². The number of ether oxygens (including phenoxy) is 1. The second-order valence-electron chi connectivity index (χ2n) is 3.61. The van der Waals surface area contributed by atoms with Crippen molar-refractivity contribution in [3.05, 3.63) is 17.7 Å². The van der Waals surface area contributed by atoms with Gasteiger partial charge in [-0.25, -0.2) is 4.99 Å². The third-order valence-electron chi connectivity index (χ3n) is 1.86. The number of halogens is 2. The molecule has 0 saturated carbocycles. The largest absolute Gasteiger partial charge is 0.433 e. The van der Waals surface area contributed by atoms with Gasteiger partial charge in [-0.3, -0.25) is 0 Å². The molecule has 0 aliphatic heterocycles. The van der Waals surface area contributed by atoms with Crippen LogP contribution >= 0.6 is 0 Å². The Morgan fingerprint density at radius 1 is 1.50 bits per heavy atom. The Balaban J connectivity index is 3.25. The third kappa shape index (κ3) is 3.59. The van der Waals surface area contributed by atoms with Gasteiger partial charge in [0, 0.05) is 25.8 Å². The summed E-state index contributed by atoms with van der Waals surface area (Å²) in [6.07, 6.45) is 1.43. The molecule has 0 radical (unpaired) electrons. The molecule has 96 valence electrons. The van der Waals surface area contributed by atoms with Crippen molar-refractivity contribution in [3.8, 4) is 11.8 Å². The van der Waals surface area contributed by atoms with Crippen LogP contribution in [0.3, 0.4) is 0 Å². The van der Waals surface area contributed by atoms with Crippen molar-refractivity contribution in [3.63, 3.8) is 0 Å². The van der Waals surface area contributed by atoms with Crippen molar-refractivity contribution < 1.29 is 13.5 Å². The first-order valence-electron chi connectivity index (χ1n) is 4.93. The highest BCUT2D eigenvalue weighted by Gasteiger charge is 2.14. The van der Waals surface area contributed by atoms with E-state index in [0.29, 0.717) is 0 Å². The Morgan fingerprint density at radius 3 is 2.67 bits per heavy atom. The SMILES string of the molecule is CN(C)/C=N/c1cc(N)cc(OC(F)F)c1C#N. The molecule has 1 aromatic carbocycles.